The number of fused-ring (bicyclic) bond motifs is 4. The summed E-state index contributed by atoms with van der Waals surface area (Å²) in [5.41, 5.74) is 1.36. The molecule has 0 radical (unpaired) electrons. The smallest absolute Gasteiger partial charge is 0.338 e. The molecule has 5 aliphatic rings. The highest BCUT2D eigenvalue weighted by Crippen LogP contribution is 2.74. The maximum Gasteiger partial charge on any atom is 0.338 e. The van der Waals surface area contributed by atoms with E-state index in [-0.39, 0.29) is 23.1 Å². The minimum atomic E-state index is -0.176. The summed E-state index contributed by atoms with van der Waals surface area (Å²) in [5, 5.41) is 0. The molecule has 4 aliphatic carbocycles. The van der Waals surface area contributed by atoms with E-state index in [1.54, 1.807) is 0 Å². The lowest BCUT2D eigenvalue weighted by Crippen LogP contribution is -2.59. The number of ether oxygens (including phenoxy) is 2. The molecule has 204 valence electrons. The molecule has 0 bridgehead atoms. The molecule has 1 heterocycles. The van der Waals surface area contributed by atoms with Crippen molar-refractivity contribution >= 4 is 5.97 Å². The van der Waals surface area contributed by atoms with Gasteiger partial charge < -0.3 is 9.47 Å². The van der Waals surface area contributed by atoms with Crippen LogP contribution in [0.2, 0.25) is 0 Å². The number of hydrogen-bond donors (Lipinski definition) is 0. The first-order chi connectivity index (χ1) is 17.7. The largest absolute Gasteiger partial charge is 0.459 e. The highest BCUT2D eigenvalue weighted by atomic mass is 16.6. The van der Waals surface area contributed by atoms with E-state index in [0.717, 1.165) is 54.8 Å². The molecule has 0 amide bonds. The molecule has 1 saturated heterocycles. The second-order valence-corrected chi connectivity index (χ2v) is 14.7. The van der Waals surface area contributed by atoms with Gasteiger partial charge in [0.1, 0.15) is 11.7 Å². The highest BCUT2D eigenvalue weighted by molar-refractivity contribution is 5.89. The molecule has 1 aliphatic heterocycles. The van der Waals surface area contributed by atoms with Gasteiger partial charge in [-0.1, -0.05) is 72.1 Å². The number of epoxide rings is 1. The molecular weight excluding hydrogens is 456 g/mol. The Bertz CT molecular complexity index is 988. The fourth-order valence-corrected chi connectivity index (χ4v) is 10.6. The van der Waals surface area contributed by atoms with Crippen molar-refractivity contribution in [2.24, 2.45) is 46.3 Å². The first kappa shape index (κ1) is 25.9. The Morgan fingerprint density at radius 3 is 2.54 bits per heavy atom. The Labute approximate surface area is 225 Å². The van der Waals surface area contributed by atoms with E-state index in [9.17, 15) is 4.79 Å². The van der Waals surface area contributed by atoms with E-state index >= 15 is 0 Å². The highest BCUT2D eigenvalue weighted by Gasteiger charge is 2.76. The van der Waals surface area contributed by atoms with Crippen molar-refractivity contribution in [3.63, 3.8) is 0 Å². The summed E-state index contributed by atoms with van der Waals surface area (Å²) in [6.07, 6.45) is 14.5. The molecule has 10 atom stereocenters. The minimum absolute atomic E-state index is 0.0151. The molecule has 0 aromatic heterocycles. The molecule has 3 nitrogen and oxygen atoms in total. The van der Waals surface area contributed by atoms with Crippen LogP contribution in [0.3, 0.4) is 0 Å². The molecule has 1 aromatic rings. The maximum absolute atomic E-state index is 12.8. The predicted octanol–water partition coefficient (Wildman–Crippen LogP) is 8.46. The molecule has 4 saturated carbocycles. The third-order valence-corrected chi connectivity index (χ3v) is 12.5. The zero-order valence-corrected chi connectivity index (χ0v) is 24.0. The molecule has 5 fully saturated rings. The van der Waals surface area contributed by atoms with Crippen molar-refractivity contribution in [3.8, 4) is 0 Å². The monoisotopic (exact) mass is 506 g/mol. The molecule has 3 heteroatoms. The van der Waals surface area contributed by atoms with E-state index in [4.69, 9.17) is 9.47 Å². The van der Waals surface area contributed by atoms with Crippen LogP contribution in [0.25, 0.3) is 0 Å². The van der Waals surface area contributed by atoms with E-state index in [2.05, 4.69) is 34.6 Å². The molecule has 37 heavy (non-hydrogen) atoms. The van der Waals surface area contributed by atoms with Crippen LogP contribution < -0.4 is 0 Å². The van der Waals surface area contributed by atoms with Gasteiger partial charge in [-0.3, -0.25) is 0 Å². The number of hydrogen-bond acceptors (Lipinski definition) is 3. The fraction of sp³-hybridized carbons (Fsp3) is 0.794. The van der Waals surface area contributed by atoms with Crippen molar-refractivity contribution in [3.05, 3.63) is 35.9 Å². The number of carbonyl (C=O) groups excluding carboxylic acids is 1. The van der Waals surface area contributed by atoms with E-state index in [1.165, 1.54) is 51.4 Å². The lowest BCUT2D eigenvalue weighted by atomic mass is 9.44. The SMILES string of the molecule is CC(C)CCCC(C)[C@H]1CCC2C3CC4OC45CC(OC(=O)c4ccccc4)CC[C@]5(C)C3CC[C@@]21C. The standard InChI is InChI=1S/C34H50O3/c1-22(2)10-9-11-23(3)27-14-15-28-26-20-30-34(37-30)21-25(36-31(35)24-12-7-6-8-13-24)16-19-33(34,5)29(26)17-18-32(27,28)4/h6-8,12-13,22-23,25-30H,9-11,14-21H2,1-5H3/t23?,25?,26?,27-,28?,29?,30?,32-,33-,34?/m1/s1. The molecule has 0 N–H and O–H groups in total. The normalized spacial score (nSPS) is 44.8. The van der Waals surface area contributed by atoms with Crippen molar-refractivity contribution in [2.45, 2.75) is 123 Å². The Kier molecular flexibility index (Phi) is 6.57. The lowest BCUT2D eigenvalue weighted by molar-refractivity contribution is -0.118. The van der Waals surface area contributed by atoms with Crippen molar-refractivity contribution in [2.75, 3.05) is 0 Å². The second kappa shape index (κ2) is 9.39. The van der Waals surface area contributed by atoms with Gasteiger partial charge in [-0.25, -0.2) is 4.79 Å². The lowest BCUT2D eigenvalue weighted by Gasteiger charge is -2.59. The van der Waals surface area contributed by atoms with Crippen LogP contribution in [0, 0.1) is 46.3 Å². The first-order valence-electron chi connectivity index (χ1n) is 15.6. The van der Waals surface area contributed by atoms with Gasteiger partial charge in [-0.05, 0) is 98.0 Å². The van der Waals surface area contributed by atoms with Crippen LogP contribution >= 0.6 is 0 Å². The van der Waals surface area contributed by atoms with Crippen LogP contribution in [0.5, 0.6) is 0 Å². The van der Waals surface area contributed by atoms with Gasteiger partial charge in [0.25, 0.3) is 0 Å². The molecule has 1 aromatic carbocycles. The maximum atomic E-state index is 12.8. The van der Waals surface area contributed by atoms with E-state index in [1.807, 2.05) is 30.3 Å². The number of esters is 1. The Balaban J connectivity index is 1.14. The van der Waals surface area contributed by atoms with Crippen LogP contribution in [0.4, 0.5) is 0 Å². The van der Waals surface area contributed by atoms with Crippen LogP contribution in [-0.4, -0.2) is 23.8 Å². The van der Waals surface area contributed by atoms with E-state index < -0.39 is 0 Å². The summed E-state index contributed by atoms with van der Waals surface area (Å²) >= 11 is 0. The average Bonchev–Trinajstić information content (AvgIpc) is 3.45. The Hall–Kier alpha value is -1.35. The molecule has 1 spiro atoms. The Morgan fingerprint density at radius 2 is 1.78 bits per heavy atom. The zero-order valence-electron chi connectivity index (χ0n) is 24.0. The number of rotatable bonds is 7. The third kappa shape index (κ3) is 4.12. The van der Waals surface area contributed by atoms with Gasteiger partial charge in [0.15, 0.2) is 0 Å². The molecule has 7 unspecified atom stereocenters. The van der Waals surface area contributed by atoms with Crippen molar-refractivity contribution in [1.29, 1.82) is 0 Å². The quantitative estimate of drug-likeness (QED) is 0.275. The van der Waals surface area contributed by atoms with Gasteiger partial charge in [-0.15, -0.1) is 0 Å². The molecule has 6 rings (SSSR count). The minimum Gasteiger partial charge on any atom is -0.459 e. The van der Waals surface area contributed by atoms with Crippen LogP contribution in [-0.2, 0) is 9.47 Å². The zero-order chi connectivity index (χ0) is 26.0. The summed E-state index contributed by atoms with van der Waals surface area (Å²) in [6, 6.07) is 9.47. The van der Waals surface area contributed by atoms with Gasteiger partial charge in [0, 0.05) is 11.8 Å². The van der Waals surface area contributed by atoms with Gasteiger partial charge in [-0.2, -0.15) is 0 Å². The molecular formula is C34H50O3. The number of carbonyl (C=O) groups is 1. The summed E-state index contributed by atoms with van der Waals surface area (Å²) in [7, 11) is 0. The number of benzene rings is 1. The first-order valence-corrected chi connectivity index (χ1v) is 15.6. The van der Waals surface area contributed by atoms with Gasteiger partial charge in [0.05, 0.1) is 11.7 Å². The summed E-state index contributed by atoms with van der Waals surface area (Å²) in [4.78, 5) is 12.8. The van der Waals surface area contributed by atoms with E-state index in [0.29, 0.717) is 17.1 Å². The average molecular weight is 507 g/mol. The topological polar surface area (TPSA) is 38.8 Å². The Morgan fingerprint density at radius 1 is 1.00 bits per heavy atom. The van der Waals surface area contributed by atoms with Gasteiger partial charge in [0.2, 0.25) is 0 Å². The second-order valence-electron chi connectivity index (χ2n) is 14.7. The summed E-state index contributed by atoms with van der Waals surface area (Å²) in [6.45, 7) is 12.5. The van der Waals surface area contributed by atoms with Crippen molar-refractivity contribution in [1.82, 2.24) is 0 Å². The summed E-state index contributed by atoms with van der Waals surface area (Å²) in [5.74, 6) is 4.87. The van der Waals surface area contributed by atoms with Crippen molar-refractivity contribution < 1.29 is 14.3 Å². The fourth-order valence-electron chi connectivity index (χ4n) is 10.6. The third-order valence-electron chi connectivity index (χ3n) is 12.5. The van der Waals surface area contributed by atoms with Gasteiger partial charge >= 0.3 is 5.97 Å². The van der Waals surface area contributed by atoms with Crippen LogP contribution in [0.1, 0.15) is 116 Å². The van der Waals surface area contributed by atoms with Crippen LogP contribution in [0.15, 0.2) is 30.3 Å². The summed E-state index contributed by atoms with van der Waals surface area (Å²) < 4.78 is 12.8. The predicted molar refractivity (Wildman–Crippen MR) is 148 cm³/mol.